The van der Waals surface area contributed by atoms with E-state index in [2.05, 4.69) is 15.7 Å². The van der Waals surface area contributed by atoms with Gasteiger partial charge in [-0.05, 0) is 42.4 Å². The molecule has 2 heterocycles. The monoisotopic (exact) mass is 502 g/mol. The Morgan fingerprint density at radius 3 is 2.67 bits per heavy atom. The Morgan fingerprint density at radius 1 is 1.23 bits per heavy atom. The number of hydrogen-bond donors (Lipinski definition) is 2. The fourth-order valence-electron chi connectivity index (χ4n) is 2.60. The number of halogens is 3. The minimum absolute atomic E-state index is 0.251. The number of nitrogens with zero attached hydrogens (tertiary/aromatic N) is 2. The summed E-state index contributed by atoms with van der Waals surface area (Å²) in [5, 5.41) is 12.7. The van der Waals surface area contributed by atoms with E-state index in [1.807, 2.05) is 13.0 Å². The van der Waals surface area contributed by atoms with E-state index in [0.29, 0.717) is 38.0 Å². The molecule has 0 aliphatic rings. The lowest BCUT2D eigenvalue weighted by Crippen LogP contribution is -2.20. The Hall–Kier alpha value is -1.84. The van der Waals surface area contributed by atoms with Crippen LogP contribution in [0.25, 0.3) is 0 Å². The molecule has 2 aromatic heterocycles. The first-order valence-electron chi connectivity index (χ1n) is 8.76. The van der Waals surface area contributed by atoms with Crippen LogP contribution >= 0.6 is 58.4 Å². The van der Waals surface area contributed by atoms with E-state index in [4.69, 9.17) is 51.8 Å². The largest absolute Gasteiger partial charge is 0.465 e. The molecule has 1 aromatic carbocycles. The van der Waals surface area contributed by atoms with Crippen molar-refractivity contribution >= 4 is 80.3 Å². The third-order valence-electron chi connectivity index (χ3n) is 4.06. The number of carbonyl (C=O) groups is 1. The van der Waals surface area contributed by atoms with Crippen molar-refractivity contribution in [3.63, 3.8) is 0 Å². The van der Waals surface area contributed by atoms with Crippen LogP contribution in [0.1, 0.15) is 27.7 Å². The zero-order valence-electron chi connectivity index (χ0n) is 16.0. The first-order valence-corrected chi connectivity index (χ1v) is 11.1. The third kappa shape index (κ3) is 5.44. The van der Waals surface area contributed by atoms with Gasteiger partial charge in [0.2, 0.25) is 0 Å². The summed E-state index contributed by atoms with van der Waals surface area (Å²) in [4.78, 5) is 13.0. The van der Waals surface area contributed by atoms with Crippen molar-refractivity contribution in [3.8, 4) is 0 Å². The second kappa shape index (κ2) is 9.98. The number of carbonyl (C=O) groups excluding carboxylic acids is 1. The zero-order chi connectivity index (χ0) is 21.8. The maximum Gasteiger partial charge on any atom is 0.340 e. The van der Waals surface area contributed by atoms with Crippen LogP contribution in [-0.2, 0) is 17.7 Å². The number of esters is 1. The van der Waals surface area contributed by atoms with Crippen molar-refractivity contribution in [1.29, 1.82) is 0 Å². The third-order valence-corrected chi connectivity index (χ3v) is 6.32. The summed E-state index contributed by atoms with van der Waals surface area (Å²) in [5.74, 6) is -0.0513. The molecule has 158 valence electrons. The molecule has 30 heavy (non-hydrogen) atoms. The molecule has 0 saturated carbocycles. The lowest BCUT2D eigenvalue weighted by atomic mass is 10.2. The Balaban J connectivity index is 1.72. The van der Waals surface area contributed by atoms with Gasteiger partial charge in [0.15, 0.2) is 10.9 Å². The summed E-state index contributed by atoms with van der Waals surface area (Å²) in [7, 11) is 1.34. The van der Waals surface area contributed by atoms with Crippen LogP contribution in [0.2, 0.25) is 15.1 Å². The molecule has 2 N–H and O–H groups in total. The molecule has 0 amide bonds. The Labute approximate surface area is 198 Å². The quantitative estimate of drug-likeness (QED) is 0.312. The minimum atomic E-state index is -0.432. The molecule has 0 fully saturated rings. The average molecular weight is 504 g/mol. The molecule has 0 spiro atoms. The molecule has 0 unspecified atom stereocenters. The fraction of sp³-hybridized carbons (Fsp3) is 0.211. The Morgan fingerprint density at radius 2 is 2.00 bits per heavy atom. The maximum absolute atomic E-state index is 12.0. The number of benzene rings is 1. The maximum atomic E-state index is 12.0. The van der Waals surface area contributed by atoms with Gasteiger partial charge in [-0.2, -0.15) is 5.10 Å². The number of thiophene rings is 1. The molecule has 0 bridgehead atoms. The van der Waals surface area contributed by atoms with E-state index in [1.165, 1.54) is 18.4 Å². The highest BCUT2D eigenvalue weighted by molar-refractivity contribution is 7.80. The lowest BCUT2D eigenvalue weighted by Gasteiger charge is -2.09. The summed E-state index contributed by atoms with van der Waals surface area (Å²) in [6, 6.07) is 7.05. The average Bonchev–Trinajstić information content (AvgIpc) is 3.26. The summed E-state index contributed by atoms with van der Waals surface area (Å²) in [5.41, 5.74) is 1.28. The highest BCUT2D eigenvalue weighted by atomic mass is 35.5. The van der Waals surface area contributed by atoms with Gasteiger partial charge in [0, 0.05) is 21.1 Å². The van der Waals surface area contributed by atoms with E-state index in [9.17, 15) is 4.79 Å². The SMILES string of the molecule is CCc1cc(C(=O)OC)c(NC(=S)Nc2nn(Cc3ccc(Cl)cc3Cl)cc2Cl)s1. The predicted molar refractivity (Wildman–Crippen MR) is 128 cm³/mol. The van der Waals surface area contributed by atoms with E-state index in [-0.39, 0.29) is 5.11 Å². The van der Waals surface area contributed by atoms with Crippen LogP contribution in [0.4, 0.5) is 10.8 Å². The van der Waals surface area contributed by atoms with E-state index in [0.717, 1.165) is 16.9 Å². The smallest absolute Gasteiger partial charge is 0.340 e. The highest BCUT2D eigenvalue weighted by Gasteiger charge is 2.18. The number of nitrogens with one attached hydrogen (secondary N) is 2. The molecule has 0 aliphatic heterocycles. The number of aryl methyl sites for hydroxylation is 1. The Bertz CT molecular complexity index is 1100. The van der Waals surface area contributed by atoms with Crippen molar-refractivity contribution in [2.75, 3.05) is 17.7 Å². The zero-order valence-corrected chi connectivity index (χ0v) is 19.9. The van der Waals surface area contributed by atoms with Gasteiger partial charge in [0.25, 0.3) is 0 Å². The van der Waals surface area contributed by atoms with E-state index >= 15 is 0 Å². The van der Waals surface area contributed by atoms with Crippen LogP contribution in [-0.4, -0.2) is 28.0 Å². The molecule has 3 aromatic rings. The minimum Gasteiger partial charge on any atom is -0.465 e. The molecule has 0 aliphatic carbocycles. The van der Waals surface area contributed by atoms with Crippen LogP contribution < -0.4 is 10.6 Å². The van der Waals surface area contributed by atoms with Gasteiger partial charge in [-0.15, -0.1) is 11.3 Å². The summed E-state index contributed by atoms with van der Waals surface area (Å²) < 4.78 is 6.48. The van der Waals surface area contributed by atoms with Crippen molar-refractivity contribution in [2.24, 2.45) is 0 Å². The van der Waals surface area contributed by atoms with Crippen molar-refractivity contribution < 1.29 is 9.53 Å². The summed E-state index contributed by atoms with van der Waals surface area (Å²) in [6.07, 6.45) is 2.46. The Kier molecular flexibility index (Phi) is 7.60. The first-order chi connectivity index (χ1) is 14.3. The molecule has 3 rings (SSSR count). The van der Waals surface area contributed by atoms with Gasteiger partial charge in [0.1, 0.15) is 10.0 Å². The second-order valence-corrected chi connectivity index (χ2v) is 8.93. The van der Waals surface area contributed by atoms with Crippen LogP contribution in [0.15, 0.2) is 30.5 Å². The van der Waals surface area contributed by atoms with Crippen molar-refractivity contribution in [2.45, 2.75) is 19.9 Å². The molecule has 0 radical (unpaired) electrons. The van der Waals surface area contributed by atoms with Gasteiger partial charge in [-0.3, -0.25) is 4.68 Å². The molecule has 6 nitrogen and oxygen atoms in total. The topological polar surface area (TPSA) is 68.2 Å². The van der Waals surface area contributed by atoms with Crippen LogP contribution in [0.3, 0.4) is 0 Å². The number of ether oxygens (including phenoxy) is 1. The highest BCUT2D eigenvalue weighted by Crippen LogP contribution is 2.30. The van der Waals surface area contributed by atoms with Crippen LogP contribution in [0, 0.1) is 0 Å². The molecule has 11 heteroatoms. The number of hydrogen-bond acceptors (Lipinski definition) is 5. The van der Waals surface area contributed by atoms with E-state index < -0.39 is 5.97 Å². The second-order valence-electron chi connectivity index (χ2n) is 6.14. The van der Waals surface area contributed by atoms with Gasteiger partial charge in [-0.25, -0.2) is 4.79 Å². The predicted octanol–water partition coefficient (Wildman–Crippen LogP) is 6.11. The molecular formula is C19H17Cl3N4O2S2. The summed E-state index contributed by atoms with van der Waals surface area (Å²) >= 11 is 25.3. The summed E-state index contributed by atoms with van der Waals surface area (Å²) in [6.45, 7) is 2.42. The fourth-order valence-corrected chi connectivity index (χ4v) is 4.52. The first kappa shape index (κ1) is 22.8. The van der Waals surface area contributed by atoms with Gasteiger partial charge >= 0.3 is 5.97 Å². The van der Waals surface area contributed by atoms with Crippen LogP contribution in [0.5, 0.6) is 0 Å². The molecular weight excluding hydrogens is 487 g/mol. The van der Waals surface area contributed by atoms with Gasteiger partial charge in [-0.1, -0.05) is 47.8 Å². The number of thiocarbonyl (C=S) groups is 1. The van der Waals surface area contributed by atoms with Crippen molar-refractivity contribution in [1.82, 2.24) is 9.78 Å². The van der Waals surface area contributed by atoms with E-state index in [1.54, 1.807) is 29.1 Å². The normalized spacial score (nSPS) is 10.7. The standard InChI is InChI=1S/C19H17Cl3N4O2S2/c1-3-12-7-13(18(27)28-2)17(30-12)24-19(29)23-16-15(22)9-26(25-16)8-10-4-5-11(20)6-14(10)21/h4-7,9H,3,8H2,1-2H3,(H2,23,24,25,29). The number of methoxy groups -OCH3 is 1. The number of anilines is 2. The molecule has 0 saturated heterocycles. The van der Waals surface area contributed by atoms with Gasteiger partial charge in [0.05, 0.1) is 19.2 Å². The lowest BCUT2D eigenvalue weighted by molar-refractivity contribution is 0.0602. The number of aromatic nitrogens is 2. The van der Waals surface area contributed by atoms with Crippen molar-refractivity contribution in [3.05, 3.63) is 61.5 Å². The van der Waals surface area contributed by atoms with Gasteiger partial charge < -0.3 is 15.4 Å². The number of rotatable bonds is 6. The molecule has 0 atom stereocenters.